The van der Waals surface area contributed by atoms with Crippen molar-refractivity contribution in [2.45, 2.75) is 12.8 Å². The maximum atomic E-state index is 11.7. The Morgan fingerprint density at radius 1 is 1.24 bits per heavy atom. The van der Waals surface area contributed by atoms with E-state index in [1.807, 2.05) is 0 Å². The largest absolute Gasteiger partial charge is 0.507 e. The number of hydrazone groups is 1. The van der Waals surface area contributed by atoms with E-state index < -0.39 is 0 Å². The van der Waals surface area contributed by atoms with Gasteiger partial charge in [-0.25, -0.2) is 5.43 Å². The fourth-order valence-electron chi connectivity index (χ4n) is 1.83. The van der Waals surface area contributed by atoms with E-state index in [0.29, 0.717) is 34.4 Å². The first-order chi connectivity index (χ1) is 11.6. The molecule has 0 saturated carbocycles. The van der Waals surface area contributed by atoms with Crippen molar-refractivity contribution in [2.75, 3.05) is 6.61 Å². The van der Waals surface area contributed by atoms with Crippen LogP contribution in [-0.4, -0.2) is 23.8 Å². The fourth-order valence-corrected chi connectivity index (χ4v) is 2.30. The van der Waals surface area contributed by atoms with E-state index in [0.717, 1.165) is 0 Å². The number of hydrogen-bond acceptors (Lipinski definition) is 4. The van der Waals surface area contributed by atoms with Crippen molar-refractivity contribution in [1.29, 1.82) is 0 Å². The van der Waals surface area contributed by atoms with Crippen LogP contribution in [0.1, 0.15) is 18.4 Å². The molecule has 2 rings (SSSR count). The van der Waals surface area contributed by atoms with Crippen molar-refractivity contribution in [3.8, 4) is 11.5 Å². The fraction of sp³-hybridized carbons (Fsp3) is 0.176. The molecule has 2 N–H and O–H groups in total. The van der Waals surface area contributed by atoms with E-state index in [1.165, 1.54) is 6.21 Å². The molecule has 25 heavy (non-hydrogen) atoms. The predicted molar refractivity (Wildman–Crippen MR) is 95.0 cm³/mol. The first kappa shape index (κ1) is 21.3. The summed E-state index contributed by atoms with van der Waals surface area (Å²) in [5.74, 6) is 0.385. The summed E-state index contributed by atoms with van der Waals surface area (Å²) in [5.41, 5.74) is 2.92. The van der Waals surface area contributed by atoms with Gasteiger partial charge < -0.3 is 9.84 Å². The van der Waals surface area contributed by atoms with E-state index in [4.69, 9.17) is 27.9 Å². The van der Waals surface area contributed by atoms with Crippen LogP contribution in [0, 0.1) is 0 Å². The molecule has 5 nitrogen and oxygen atoms in total. The zero-order chi connectivity index (χ0) is 17.4. The average Bonchev–Trinajstić information content (AvgIpc) is 2.55. The van der Waals surface area contributed by atoms with Gasteiger partial charge >= 0.3 is 0 Å². The summed E-state index contributed by atoms with van der Waals surface area (Å²) in [7, 11) is 0. The van der Waals surface area contributed by atoms with Crippen LogP contribution >= 0.6 is 23.2 Å². The maximum Gasteiger partial charge on any atom is 0.240 e. The minimum absolute atomic E-state index is 0. The van der Waals surface area contributed by atoms with Crippen molar-refractivity contribution in [2.24, 2.45) is 5.10 Å². The predicted octanol–water partition coefficient (Wildman–Crippen LogP) is 4.01. The van der Waals surface area contributed by atoms with Gasteiger partial charge in [0.2, 0.25) is 5.91 Å². The Morgan fingerprint density at radius 3 is 2.72 bits per heavy atom. The van der Waals surface area contributed by atoms with Crippen LogP contribution in [0.4, 0.5) is 0 Å². The maximum absolute atomic E-state index is 11.7. The molecule has 0 aliphatic carbocycles. The number of phenolic OH excluding ortho intramolecular Hbond substituents is 1. The molecular formula is C17H16Cl2CuN2O3. The first-order valence-electron chi connectivity index (χ1n) is 7.24. The summed E-state index contributed by atoms with van der Waals surface area (Å²) < 4.78 is 5.49. The molecule has 0 fully saturated rings. The topological polar surface area (TPSA) is 70.9 Å². The number of nitrogens with zero attached hydrogens (tertiary/aromatic N) is 1. The van der Waals surface area contributed by atoms with Crippen LogP contribution < -0.4 is 10.2 Å². The average molecular weight is 431 g/mol. The van der Waals surface area contributed by atoms with E-state index in [-0.39, 0.29) is 35.1 Å². The molecule has 0 aliphatic heterocycles. The van der Waals surface area contributed by atoms with E-state index in [2.05, 4.69) is 10.5 Å². The molecule has 0 aliphatic rings. The summed E-state index contributed by atoms with van der Waals surface area (Å²) in [6.07, 6.45) is 2.15. The SMILES string of the molecule is O=C(CCCOc1ccc(Cl)cc1Cl)N/N=C/c1ccccc1O.[Cu]. The summed E-state index contributed by atoms with van der Waals surface area (Å²) in [4.78, 5) is 11.7. The molecule has 0 unspecified atom stereocenters. The van der Waals surface area contributed by atoms with Crippen molar-refractivity contribution in [3.63, 3.8) is 0 Å². The summed E-state index contributed by atoms with van der Waals surface area (Å²) in [5, 5.41) is 14.3. The molecule has 0 bridgehead atoms. The van der Waals surface area contributed by atoms with E-state index in [9.17, 15) is 9.90 Å². The Morgan fingerprint density at radius 2 is 2.00 bits per heavy atom. The molecule has 0 saturated heterocycles. The molecule has 1 radical (unpaired) electrons. The van der Waals surface area contributed by atoms with Crippen LogP contribution in [0.3, 0.4) is 0 Å². The monoisotopic (exact) mass is 429 g/mol. The third-order valence-electron chi connectivity index (χ3n) is 3.03. The van der Waals surface area contributed by atoms with Crippen LogP contribution in [0.5, 0.6) is 11.5 Å². The van der Waals surface area contributed by atoms with Crippen molar-refractivity contribution in [3.05, 3.63) is 58.1 Å². The normalized spacial score (nSPS) is 10.3. The Bertz CT molecular complexity index is 742. The van der Waals surface area contributed by atoms with Gasteiger partial charge in [-0.2, -0.15) is 5.10 Å². The molecule has 0 atom stereocenters. The second kappa shape index (κ2) is 11.0. The number of hydrogen-bond donors (Lipinski definition) is 2. The number of carbonyl (C=O) groups is 1. The summed E-state index contributed by atoms with van der Waals surface area (Å²) in [6, 6.07) is 11.7. The Kier molecular flexibility index (Phi) is 9.38. The minimum Gasteiger partial charge on any atom is -0.507 e. The molecule has 2 aromatic carbocycles. The first-order valence-corrected chi connectivity index (χ1v) is 7.99. The number of carbonyl (C=O) groups excluding carboxylic acids is 1. The van der Waals surface area contributed by atoms with Crippen molar-refractivity contribution < 1.29 is 31.7 Å². The second-order valence-electron chi connectivity index (χ2n) is 4.88. The molecular weight excluding hydrogens is 415 g/mol. The molecule has 0 aromatic heterocycles. The zero-order valence-electron chi connectivity index (χ0n) is 13.0. The molecule has 8 heteroatoms. The number of nitrogens with one attached hydrogen (secondary N) is 1. The number of amides is 1. The van der Waals surface area contributed by atoms with Gasteiger partial charge in [-0.1, -0.05) is 35.3 Å². The Labute approximate surface area is 166 Å². The molecule has 2 aromatic rings. The van der Waals surface area contributed by atoms with Gasteiger partial charge in [-0.15, -0.1) is 0 Å². The number of rotatable bonds is 7. The molecule has 137 valence electrons. The van der Waals surface area contributed by atoms with Gasteiger partial charge in [0.15, 0.2) is 0 Å². The molecule has 1 amide bonds. The molecule has 0 heterocycles. The van der Waals surface area contributed by atoms with Crippen molar-refractivity contribution in [1.82, 2.24) is 5.43 Å². The number of ether oxygens (including phenoxy) is 1. The number of para-hydroxylation sites is 1. The molecule has 0 spiro atoms. The van der Waals surface area contributed by atoms with Crippen LogP contribution in [0.2, 0.25) is 10.0 Å². The van der Waals surface area contributed by atoms with E-state index in [1.54, 1.807) is 42.5 Å². The van der Waals surface area contributed by atoms with Crippen LogP contribution in [0.25, 0.3) is 0 Å². The number of phenols is 1. The van der Waals surface area contributed by atoms with Gasteiger partial charge in [0, 0.05) is 34.1 Å². The van der Waals surface area contributed by atoms with Gasteiger partial charge in [-0.05, 0) is 36.8 Å². The Balaban J connectivity index is 0.00000312. The van der Waals surface area contributed by atoms with Gasteiger partial charge in [0.25, 0.3) is 0 Å². The van der Waals surface area contributed by atoms with Crippen LogP contribution in [-0.2, 0) is 21.9 Å². The number of aromatic hydroxyl groups is 1. The van der Waals surface area contributed by atoms with Gasteiger partial charge in [-0.3, -0.25) is 4.79 Å². The van der Waals surface area contributed by atoms with E-state index >= 15 is 0 Å². The third-order valence-corrected chi connectivity index (χ3v) is 3.56. The second-order valence-corrected chi connectivity index (χ2v) is 5.72. The minimum atomic E-state index is -0.243. The standard InChI is InChI=1S/C17H16Cl2N2O3.Cu/c18-13-7-8-16(14(19)10-13)24-9-3-6-17(23)21-20-11-12-4-1-2-5-15(12)22;/h1-2,4-5,7-8,10-11,22H,3,6,9H2,(H,21,23);/b20-11+;. The van der Waals surface area contributed by atoms with Gasteiger partial charge in [0.05, 0.1) is 17.8 Å². The Hall–Kier alpha value is -1.72. The van der Waals surface area contributed by atoms with Crippen molar-refractivity contribution >= 4 is 35.3 Å². The van der Waals surface area contributed by atoms with Gasteiger partial charge in [0.1, 0.15) is 11.5 Å². The smallest absolute Gasteiger partial charge is 0.240 e. The quantitative estimate of drug-likeness (QED) is 0.302. The third kappa shape index (κ3) is 7.36. The van der Waals surface area contributed by atoms with Crippen LogP contribution in [0.15, 0.2) is 47.6 Å². The number of benzene rings is 2. The number of halogens is 2. The zero-order valence-corrected chi connectivity index (χ0v) is 15.5. The summed E-state index contributed by atoms with van der Waals surface area (Å²) >= 11 is 11.8. The summed E-state index contributed by atoms with van der Waals surface area (Å²) in [6.45, 7) is 0.345.